The molecule has 11 heteroatoms. The number of aromatic nitrogens is 2. The normalized spacial score (nSPS) is 17.9. The van der Waals surface area contributed by atoms with Crippen LogP contribution in [0.15, 0.2) is 12.5 Å². The Hall–Kier alpha value is -2.95. The summed E-state index contributed by atoms with van der Waals surface area (Å²) in [6, 6.07) is -2.24. The third-order valence-electron chi connectivity index (χ3n) is 4.75. The molecule has 6 N–H and O–H groups in total. The number of H-pyrrole nitrogens is 1. The molecule has 30 heavy (non-hydrogen) atoms. The molecule has 3 atom stereocenters. The Balaban J connectivity index is 1.86. The summed E-state index contributed by atoms with van der Waals surface area (Å²) in [5.41, 5.74) is 0.562. The van der Waals surface area contributed by atoms with Crippen molar-refractivity contribution in [2.75, 3.05) is 13.1 Å². The number of carboxylic acid groups (broad SMARTS) is 1. The molecule has 11 nitrogen and oxygen atoms in total. The topological polar surface area (TPSA) is 165 Å². The van der Waals surface area contributed by atoms with Gasteiger partial charge >= 0.3 is 5.97 Å². The van der Waals surface area contributed by atoms with Gasteiger partial charge in [-0.2, -0.15) is 0 Å². The Labute approximate surface area is 174 Å². The van der Waals surface area contributed by atoms with Gasteiger partial charge in [-0.05, 0) is 31.7 Å². The standard InChI is InChI=1S/C19H30N6O5/c1-11(2)6-14(25-18(28)13-4-3-5-21-13)17(27)22-9-16(26)24-15(19(29)30)7-12-8-20-10-23-12/h8,10-11,13-15,21H,3-7,9H2,1-2H3,(H,20,23)(H,22,27)(H,24,26)(H,25,28)(H,29,30). The smallest absolute Gasteiger partial charge is 0.326 e. The minimum Gasteiger partial charge on any atom is -0.480 e. The highest BCUT2D eigenvalue weighted by molar-refractivity contribution is 5.92. The largest absolute Gasteiger partial charge is 0.480 e. The molecule has 0 saturated carbocycles. The van der Waals surface area contributed by atoms with Gasteiger partial charge in [0.2, 0.25) is 17.7 Å². The van der Waals surface area contributed by atoms with Crippen molar-refractivity contribution >= 4 is 23.7 Å². The lowest BCUT2D eigenvalue weighted by atomic mass is 10.0. The van der Waals surface area contributed by atoms with Crippen molar-refractivity contribution < 1.29 is 24.3 Å². The van der Waals surface area contributed by atoms with Crippen LogP contribution in [0.4, 0.5) is 0 Å². The van der Waals surface area contributed by atoms with Crippen molar-refractivity contribution in [3.05, 3.63) is 18.2 Å². The Morgan fingerprint density at radius 3 is 2.57 bits per heavy atom. The van der Waals surface area contributed by atoms with E-state index in [4.69, 9.17) is 0 Å². The zero-order valence-electron chi connectivity index (χ0n) is 17.2. The first-order valence-corrected chi connectivity index (χ1v) is 10.1. The number of amides is 3. The third kappa shape index (κ3) is 7.47. The van der Waals surface area contributed by atoms with Gasteiger partial charge in [0.15, 0.2) is 0 Å². The highest BCUT2D eigenvalue weighted by Gasteiger charge is 2.28. The molecule has 166 valence electrons. The molecule has 0 bridgehead atoms. The number of carbonyl (C=O) groups excluding carboxylic acids is 3. The molecule has 2 rings (SSSR count). The predicted octanol–water partition coefficient (Wildman–Crippen LogP) is -1.08. The molecule has 2 heterocycles. The van der Waals surface area contributed by atoms with Crippen LogP contribution in [0.3, 0.4) is 0 Å². The van der Waals surface area contributed by atoms with Crippen molar-refractivity contribution in [2.45, 2.75) is 57.7 Å². The summed E-state index contributed by atoms with van der Waals surface area (Å²) >= 11 is 0. The Morgan fingerprint density at radius 2 is 2.00 bits per heavy atom. The molecule has 3 unspecified atom stereocenters. The summed E-state index contributed by atoms with van der Waals surface area (Å²) in [4.78, 5) is 55.0. The number of rotatable bonds is 11. The average Bonchev–Trinajstić information content (AvgIpc) is 3.38. The van der Waals surface area contributed by atoms with Crippen LogP contribution in [0, 0.1) is 5.92 Å². The SMILES string of the molecule is CC(C)CC(NC(=O)C1CCCN1)C(=O)NCC(=O)NC(Cc1cnc[nH]1)C(=O)O. The number of hydrogen-bond acceptors (Lipinski definition) is 6. The van der Waals surface area contributed by atoms with Gasteiger partial charge in [0.1, 0.15) is 12.1 Å². The van der Waals surface area contributed by atoms with Crippen molar-refractivity contribution in [2.24, 2.45) is 5.92 Å². The number of carbonyl (C=O) groups is 4. The molecule has 0 aromatic carbocycles. The number of nitrogens with zero attached hydrogens (tertiary/aromatic N) is 1. The van der Waals surface area contributed by atoms with E-state index >= 15 is 0 Å². The lowest BCUT2D eigenvalue weighted by Crippen LogP contribution is -2.53. The first-order chi connectivity index (χ1) is 14.3. The molecule has 0 spiro atoms. The average molecular weight is 422 g/mol. The Kier molecular flexibility index (Phi) is 8.78. The van der Waals surface area contributed by atoms with Crippen LogP contribution >= 0.6 is 0 Å². The van der Waals surface area contributed by atoms with E-state index in [-0.39, 0.29) is 24.3 Å². The van der Waals surface area contributed by atoms with Gasteiger partial charge in [0.25, 0.3) is 0 Å². The van der Waals surface area contributed by atoms with Crippen LogP contribution in [0.1, 0.15) is 38.8 Å². The summed E-state index contributed by atoms with van der Waals surface area (Å²) in [5.74, 6) is -2.40. The van der Waals surface area contributed by atoms with E-state index in [0.29, 0.717) is 12.1 Å². The monoisotopic (exact) mass is 422 g/mol. The number of imidazole rings is 1. The van der Waals surface area contributed by atoms with E-state index in [1.54, 1.807) is 0 Å². The lowest BCUT2D eigenvalue weighted by Gasteiger charge is -2.22. The molecule has 1 fully saturated rings. The van der Waals surface area contributed by atoms with E-state index in [1.807, 2.05) is 13.8 Å². The van der Waals surface area contributed by atoms with Gasteiger partial charge in [0, 0.05) is 18.3 Å². The molecular formula is C19H30N6O5. The van der Waals surface area contributed by atoms with Crippen molar-refractivity contribution in [1.82, 2.24) is 31.2 Å². The van der Waals surface area contributed by atoms with Crippen LogP contribution in [-0.2, 0) is 25.6 Å². The lowest BCUT2D eigenvalue weighted by molar-refractivity contribution is -0.141. The van der Waals surface area contributed by atoms with Gasteiger partial charge in [-0.1, -0.05) is 13.8 Å². The maximum atomic E-state index is 12.6. The predicted molar refractivity (Wildman–Crippen MR) is 107 cm³/mol. The Bertz CT molecular complexity index is 730. The minimum absolute atomic E-state index is 0.0371. The van der Waals surface area contributed by atoms with E-state index in [0.717, 1.165) is 19.4 Å². The number of hydrogen-bond donors (Lipinski definition) is 6. The van der Waals surface area contributed by atoms with E-state index < -0.39 is 36.4 Å². The highest BCUT2D eigenvalue weighted by Crippen LogP contribution is 2.09. The van der Waals surface area contributed by atoms with Crippen molar-refractivity contribution in [3.63, 3.8) is 0 Å². The zero-order valence-corrected chi connectivity index (χ0v) is 17.2. The molecule has 1 aromatic rings. The molecule has 0 aliphatic carbocycles. The molecular weight excluding hydrogens is 392 g/mol. The second kappa shape index (κ2) is 11.3. The fourth-order valence-corrected chi connectivity index (χ4v) is 3.24. The fraction of sp³-hybridized carbons (Fsp3) is 0.632. The van der Waals surface area contributed by atoms with Gasteiger partial charge in [0.05, 0.1) is 18.9 Å². The van der Waals surface area contributed by atoms with Crippen LogP contribution in [-0.4, -0.2) is 70.0 Å². The highest BCUT2D eigenvalue weighted by atomic mass is 16.4. The molecule has 1 aliphatic heterocycles. The molecule has 0 radical (unpaired) electrons. The second-order valence-corrected chi connectivity index (χ2v) is 7.80. The molecule has 1 saturated heterocycles. The maximum absolute atomic E-state index is 12.6. The molecule has 3 amide bonds. The summed E-state index contributed by atoms with van der Waals surface area (Å²) in [7, 11) is 0. The van der Waals surface area contributed by atoms with E-state index in [1.165, 1.54) is 12.5 Å². The molecule has 1 aliphatic rings. The molecule has 1 aromatic heterocycles. The van der Waals surface area contributed by atoms with Crippen LogP contribution in [0.2, 0.25) is 0 Å². The van der Waals surface area contributed by atoms with E-state index in [9.17, 15) is 24.3 Å². The van der Waals surface area contributed by atoms with Gasteiger partial charge in [-0.3, -0.25) is 14.4 Å². The van der Waals surface area contributed by atoms with Gasteiger partial charge in [-0.25, -0.2) is 9.78 Å². The number of aromatic amines is 1. The van der Waals surface area contributed by atoms with E-state index in [2.05, 4.69) is 31.2 Å². The summed E-state index contributed by atoms with van der Waals surface area (Å²) in [6.07, 6.45) is 4.97. The van der Waals surface area contributed by atoms with Gasteiger partial charge < -0.3 is 31.4 Å². The van der Waals surface area contributed by atoms with Crippen LogP contribution in [0.5, 0.6) is 0 Å². The third-order valence-corrected chi connectivity index (χ3v) is 4.75. The number of nitrogens with one attached hydrogen (secondary N) is 5. The maximum Gasteiger partial charge on any atom is 0.326 e. The number of carboxylic acids is 1. The number of aliphatic carboxylic acids is 1. The second-order valence-electron chi connectivity index (χ2n) is 7.80. The van der Waals surface area contributed by atoms with Crippen molar-refractivity contribution in [3.8, 4) is 0 Å². The quantitative estimate of drug-likeness (QED) is 0.264. The minimum atomic E-state index is -1.20. The van der Waals surface area contributed by atoms with Crippen molar-refractivity contribution in [1.29, 1.82) is 0 Å². The zero-order chi connectivity index (χ0) is 22.1. The summed E-state index contributed by atoms with van der Waals surface area (Å²) in [5, 5.41) is 20.0. The summed E-state index contributed by atoms with van der Waals surface area (Å²) in [6.45, 7) is 4.24. The summed E-state index contributed by atoms with van der Waals surface area (Å²) < 4.78 is 0. The first kappa shape index (κ1) is 23.3. The van der Waals surface area contributed by atoms with Crippen LogP contribution < -0.4 is 21.3 Å². The van der Waals surface area contributed by atoms with Gasteiger partial charge in [-0.15, -0.1) is 0 Å². The Morgan fingerprint density at radius 1 is 1.23 bits per heavy atom. The van der Waals surface area contributed by atoms with Crippen LogP contribution in [0.25, 0.3) is 0 Å². The first-order valence-electron chi connectivity index (χ1n) is 10.1. The fourth-order valence-electron chi connectivity index (χ4n) is 3.24.